The average molecular weight is 197 g/mol. The summed E-state index contributed by atoms with van der Waals surface area (Å²) in [6.07, 6.45) is -0.577. The summed E-state index contributed by atoms with van der Waals surface area (Å²) >= 11 is 0. The topological polar surface area (TPSA) is 32.6 Å². The Morgan fingerprint density at radius 1 is 1.54 bits per heavy atom. The SMILES string of the molecule is [3H]/P=N/CC(O)c1ccc(C)c(C)c1. The quantitative estimate of drug-likeness (QED) is 0.742. The molecule has 13 heavy (non-hydrogen) atoms. The molecule has 1 atom stereocenters. The lowest BCUT2D eigenvalue weighted by molar-refractivity contribution is 0.188. The molecule has 0 amide bonds. The maximum Gasteiger partial charge on any atom is 0.114 e. The van der Waals surface area contributed by atoms with Gasteiger partial charge in [0.15, 0.2) is 0 Å². The molecule has 0 bridgehead atoms. The van der Waals surface area contributed by atoms with E-state index >= 15 is 0 Å². The minimum absolute atomic E-state index is 0.226. The number of benzene rings is 1. The molecule has 2 nitrogen and oxygen atoms in total. The Morgan fingerprint density at radius 2 is 2.31 bits per heavy atom. The van der Waals surface area contributed by atoms with E-state index in [4.69, 9.17) is 1.28 Å². The Bertz CT molecular complexity index is 341. The highest BCUT2D eigenvalue weighted by Crippen LogP contribution is 2.17. The zero-order valence-corrected chi connectivity index (χ0v) is 8.75. The van der Waals surface area contributed by atoms with E-state index in [9.17, 15) is 5.11 Å². The number of aliphatic hydroxyl groups is 1. The molecule has 0 aromatic heterocycles. The maximum absolute atomic E-state index is 9.69. The van der Waals surface area contributed by atoms with Gasteiger partial charge in [0, 0.05) is 0 Å². The third-order valence-electron chi connectivity index (χ3n) is 2.17. The van der Waals surface area contributed by atoms with Gasteiger partial charge in [0.05, 0.1) is 12.6 Å². The van der Waals surface area contributed by atoms with Gasteiger partial charge in [0.25, 0.3) is 0 Å². The molecular weight excluding hydrogens is 181 g/mol. The lowest BCUT2D eigenvalue weighted by Gasteiger charge is -2.09. The molecule has 0 radical (unpaired) electrons. The first-order chi connectivity index (χ1) is 6.65. The third kappa shape index (κ3) is 2.61. The monoisotopic (exact) mass is 197 g/mol. The van der Waals surface area contributed by atoms with Crippen molar-refractivity contribution in [3.63, 3.8) is 0 Å². The maximum atomic E-state index is 9.69. The van der Waals surface area contributed by atoms with Gasteiger partial charge in [-0.15, -0.1) is 0 Å². The summed E-state index contributed by atoms with van der Waals surface area (Å²) in [7, 11) is 0.226. The smallest absolute Gasteiger partial charge is 0.114 e. The molecule has 0 aliphatic rings. The van der Waals surface area contributed by atoms with Gasteiger partial charge in [-0.3, -0.25) is 4.74 Å². The van der Waals surface area contributed by atoms with Crippen LogP contribution in [0.5, 0.6) is 0 Å². The van der Waals surface area contributed by atoms with Crippen molar-refractivity contribution >= 4 is 8.98 Å². The van der Waals surface area contributed by atoms with E-state index in [0.717, 1.165) is 5.56 Å². The van der Waals surface area contributed by atoms with E-state index in [2.05, 4.69) is 4.74 Å². The van der Waals surface area contributed by atoms with E-state index in [1.165, 1.54) is 11.1 Å². The van der Waals surface area contributed by atoms with E-state index < -0.39 is 6.10 Å². The standard InChI is InChI=1S/C10H14NOP/c1-7-3-4-9(5-8(7)2)10(12)6-11-13/h3-5,10,12-13H,6H2,1-2H3/i13T. The summed E-state index contributed by atoms with van der Waals surface area (Å²) in [5, 5.41) is 9.69. The van der Waals surface area contributed by atoms with Crippen molar-refractivity contribution in [2.45, 2.75) is 20.0 Å². The number of nitrogens with zero attached hydrogens (tertiary/aromatic N) is 1. The molecule has 70 valence electrons. The van der Waals surface area contributed by atoms with Crippen LogP contribution in [0.4, 0.5) is 0 Å². The van der Waals surface area contributed by atoms with Crippen molar-refractivity contribution in [2.24, 2.45) is 4.74 Å². The molecule has 0 saturated heterocycles. The molecule has 3 heteroatoms. The second kappa shape index (κ2) is 4.50. The first-order valence-corrected chi connectivity index (χ1v) is 4.61. The van der Waals surface area contributed by atoms with E-state index in [-0.39, 0.29) is 8.98 Å². The summed E-state index contributed by atoms with van der Waals surface area (Å²) in [6.45, 7) is 4.36. The van der Waals surface area contributed by atoms with E-state index in [1.54, 1.807) is 0 Å². The van der Waals surface area contributed by atoms with Crippen LogP contribution >= 0.6 is 8.98 Å². The fraction of sp³-hybridized carbons (Fsp3) is 0.400. The molecule has 1 aromatic carbocycles. The van der Waals surface area contributed by atoms with Crippen LogP contribution in [0.15, 0.2) is 22.9 Å². The Hall–Kier alpha value is -0.720. The number of hydrogen-bond acceptors (Lipinski definition) is 2. The molecule has 0 aliphatic heterocycles. The van der Waals surface area contributed by atoms with Crippen LogP contribution in [-0.2, 0) is 0 Å². The van der Waals surface area contributed by atoms with Crippen LogP contribution in [0.25, 0.3) is 0 Å². The highest BCUT2D eigenvalue weighted by molar-refractivity contribution is 7.03. The summed E-state index contributed by atoms with van der Waals surface area (Å²) in [4.78, 5) is 0. The van der Waals surface area contributed by atoms with Crippen molar-refractivity contribution in [3.05, 3.63) is 34.9 Å². The normalized spacial score (nSPS) is 14.5. The van der Waals surface area contributed by atoms with Crippen LogP contribution in [0.3, 0.4) is 0 Å². The van der Waals surface area contributed by atoms with Crippen molar-refractivity contribution in [2.75, 3.05) is 6.54 Å². The van der Waals surface area contributed by atoms with Crippen LogP contribution in [-0.4, -0.2) is 12.9 Å². The minimum atomic E-state index is -0.577. The number of aryl methyl sites for hydroxylation is 2. The summed E-state index contributed by atoms with van der Waals surface area (Å²) in [5.74, 6) is 0. The highest BCUT2D eigenvalue weighted by atomic mass is 31.0. The van der Waals surface area contributed by atoms with Gasteiger partial charge in [-0.2, -0.15) is 0 Å². The average Bonchev–Trinajstić information content (AvgIpc) is 2.18. The third-order valence-corrected chi connectivity index (χ3v) is 2.33. The molecule has 0 aliphatic carbocycles. The van der Waals surface area contributed by atoms with Crippen LogP contribution < -0.4 is 0 Å². The predicted molar refractivity (Wildman–Crippen MR) is 56.5 cm³/mol. The van der Waals surface area contributed by atoms with Crippen molar-refractivity contribution in [3.8, 4) is 0 Å². The molecule has 1 aromatic rings. The van der Waals surface area contributed by atoms with Gasteiger partial charge in [0.2, 0.25) is 0 Å². The molecule has 1 rings (SSSR count). The lowest BCUT2D eigenvalue weighted by atomic mass is 10.0. The summed E-state index contributed by atoms with van der Waals surface area (Å²) in [5.41, 5.74) is 3.27. The Morgan fingerprint density at radius 3 is 2.92 bits per heavy atom. The van der Waals surface area contributed by atoms with Gasteiger partial charge in [-0.05, 0) is 39.5 Å². The van der Waals surface area contributed by atoms with Crippen LogP contribution in [0.1, 0.15) is 22.8 Å². The lowest BCUT2D eigenvalue weighted by Crippen LogP contribution is -2.01. The van der Waals surface area contributed by atoms with E-state index in [0.29, 0.717) is 6.54 Å². The van der Waals surface area contributed by atoms with Gasteiger partial charge < -0.3 is 5.11 Å². The molecule has 0 spiro atoms. The molecule has 1 unspecified atom stereocenters. The van der Waals surface area contributed by atoms with Gasteiger partial charge >= 0.3 is 0 Å². The molecule has 0 heterocycles. The molecule has 1 N–H and O–H groups in total. The largest absolute Gasteiger partial charge is 0.386 e. The second-order valence-electron chi connectivity index (χ2n) is 3.18. The number of aliphatic hydroxyl groups excluding tert-OH is 1. The first-order valence-electron chi connectivity index (χ1n) is 4.66. The molecule has 0 fully saturated rings. The van der Waals surface area contributed by atoms with Crippen LogP contribution in [0, 0.1) is 13.8 Å². The zero-order valence-electron chi connectivity index (χ0n) is 8.86. The van der Waals surface area contributed by atoms with Crippen LogP contribution in [0.2, 0.25) is 0 Å². The van der Waals surface area contributed by atoms with Crippen molar-refractivity contribution in [1.82, 2.24) is 0 Å². The Labute approximate surface area is 82.2 Å². The molecule has 0 saturated carbocycles. The number of hydrogen-bond donors (Lipinski definition) is 1. The summed E-state index contributed by atoms with van der Waals surface area (Å²) < 4.78 is 10.6. The fourth-order valence-corrected chi connectivity index (χ4v) is 1.31. The second-order valence-corrected chi connectivity index (χ2v) is 3.47. The Kier molecular flexibility index (Phi) is 3.07. The minimum Gasteiger partial charge on any atom is -0.386 e. The summed E-state index contributed by atoms with van der Waals surface area (Å²) in [6, 6.07) is 5.87. The molecular formula is C10H14NOP. The predicted octanol–water partition coefficient (Wildman–Crippen LogP) is 2.66. The van der Waals surface area contributed by atoms with Crippen molar-refractivity contribution in [1.29, 1.82) is 1.28 Å². The fourth-order valence-electron chi connectivity index (χ4n) is 1.15. The van der Waals surface area contributed by atoms with Gasteiger partial charge in [-0.25, -0.2) is 0 Å². The van der Waals surface area contributed by atoms with Gasteiger partial charge in [0.1, 0.15) is 1.28 Å². The highest BCUT2D eigenvalue weighted by Gasteiger charge is 2.06. The van der Waals surface area contributed by atoms with Gasteiger partial charge in [-0.1, -0.05) is 18.2 Å². The van der Waals surface area contributed by atoms with Crippen molar-refractivity contribution < 1.29 is 5.11 Å². The number of rotatable bonds is 3. The first kappa shape index (κ1) is 8.86. The Balaban J connectivity index is 2.80. The van der Waals surface area contributed by atoms with E-state index in [1.807, 2.05) is 32.0 Å². The zero-order chi connectivity index (χ0) is 10.6.